The zero-order valence-corrected chi connectivity index (χ0v) is 35.0. The highest BCUT2D eigenvalue weighted by atomic mass is 16.7. The van der Waals surface area contributed by atoms with Gasteiger partial charge in [-0.3, -0.25) is 14.6 Å². The molecule has 5 N–H and O–H groups in total. The minimum absolute atomic E-state index is 0.0190. The van der Waals surface area contributed by atoms with Crippen LogP contribution in [0.3, 0.4) is 0 Å². The number of pyridine rings is 1. The van der Waals surface area contributed by atoms with E-state index >= 15 is 0 Å². The number of ketones is 2. The Kier molecular flexibility index (Phi) is 12.4. The Labute approximate surface area is 343 Å². The Balaban J connectivity index is 1.21. The number of ether oxygens (including phenoxy) is 2. The third-order valence-electron chi connectivity index (χ3n) is 12.6. The number of hydrogen-bond donors (Lipinski definition) is 5. The molecule has 6 atom stereocenters. The maximum atomic E-state index is 14.9. The normalized spacial score (nSPS) is 29.7. The molecular formula is C46H61N7O5. The van der Waals surface area contributed by atoms with Gasteiger partial charge in [-0.1, -0.05) is 68.8 Å². The lowest BCUT2D eigenvalue weighted by atomic mass is 9.70. The van der Waals surface area contributed by atoms with Gasteiger partial charge in [-0.25, -0.2) is 9.78 Å². The largest absolute Gasteiger partial charge is 0.463 e. The first-order valence-electron chi connectivity index (χ1n) is 21.2. The third kappa shape index (κ3) is 7.78. The lowest BCUT2D eigenvalue weighted by Gasteiger charge is -2.36. The number of carbonyl (C=O) groups excluding carboxylic acids is 3. The van der Waals surface area contributed by atoms with Crippen LogP contribution in [0.2, 0.25) is 0 Å². The summed E-state index contributed by atoms with van der Waals surface area (Å²) >= 11 is 0. The van der Waals surface area contributed by atoms with E-state index in [1.165, 1.54) is 5.57 Å². The first-order valence-corrected chi connectivity index (χ1v) is 21.2. The highest BCUT2D eigenvalue weighted by molar-refractivity contribution is 6.33. The summed E-state index contributed by atoms with van der Waals surface area (Å²) in [7, 11) is 3.63. The van der Waals surface area contributed by atoms with E-state index in [0.29, 0.717) is 37.0 Å². The van der Waals surface area contributed by atoms with Crippen LogP contribution >= 0.6 is 0 Å². The molecule has 12 heteroatoms. The molecule has 58 heavy (non-hydrogen) atoms. The van der Waals surface area contributed by atoms with E-state index in [0.717, 1.165) is 67.7 Å². The van der Waals surface area contributed by atoms with Crippen LogP contribution in [0.1, 0.15) is 104 Å². The van der Waals surface area contributed by atoms with Gasteiger partial charge in [0.2, 0.25) is 5.78 Å². The summed E-state index contributed by atoms with van der Waals surface area (Å²) in [5, 5.41) is 17.1. The molecule has 7 rings (SSSR count). The third-order valence-corrected chi connectivity index (χ3v) is 12.6. The van der Waals surface area contributed by atoms with Crippen molar-refractivity contribution in [2.24, 2.45) is 22.7 Å². The van der Waals surface area contributed by atoms with E-state index in [9.17, 15) is 14.4 Å². The van der Waals surface area contributed by atoms with Crippen LogP contribution in [0.15, 0.2) is 77.0 Å². The molecule has 310 valence electrons. The van der Waals surface area contributed by atoms with Crippen molar-refractivity contribution in [1.82, 2.24) is 26.3 Å². The van der Waals surface area contributed by atoms with Crippen molar-refractivity contribution >= 4 is 29.3 Å². The van der Waals surface area contributed by atoms with E-state index in [4.69, 9.17) is 9.47 Å². The SMILES string of the molecule is CCNC1C=C2C=CCCC2CC1COC(=O)C12OC1(CC=C(C)CC1(c3ccnc(NCNC)c3)CCCNC(=NC)N1)C(=O)c1cccc(CC(C)C)c1C2=O. The van der Waals surface area contributed by atoms with E-state index < -0.39 is 28.5 Å². The lowest BCUT2D eigenvalue weighted by Crippen LogP contribution is -2.51. The molecule has 12 nitrogen and oxygen atoms in total. The van der Waals surface area contributed by atoms with Crippen LogP contribution in [-0.2, 0) is 26.2 Å². The van der Waals surface area contributed by atoms with Gasteiger partial charge in [-0.2, -0.15) is 0 Å². The number of hydrogen-bond acceptors (Lipinski definition) is 10. The summed E-state index contributed by atoms with van der Waals surface area (Å²) in [5.74, 6) is 0.492. The van der Waals surface area contributed by atoms with Crippen molar-refractivity contribution in [3.05, 3.63) is 94.2 Å². The predicted octanol–water partition coefficient (Wildman–Crippen LogP) is 5.77. The van der Waals surface area contributed by atoms with Gasteiger partial charge in [-0.15, -0.1) is 0 Å². The van der Waals surface area contributed by atoms with Crippen LogP contribution in [0.25, 0.3) is 0 Å². The van der Waals surface area contributed by atoms with Crippen LogP contribution in [0, 0.1) is 17.8 Å². The number of epoxide rings is 1. The van der Waals surface area contributed by atoms with Gasteiger partial charge in [0, 0.05) is 49.3 Å². The number of benzene rings is 1. The number of nitrogens with zero attached hydrogens (tertiary/aromatic N) is 2. The summed E-state index contributed by atoms with van der Waals surface area (Å²) in [5.41, 5.74) is 0.371. The zero-order valence-electron chi connectivity index (χ0n) is 35.0. The molecule has 2 aliphatic heterocycles. The average Bonchev–Trinajstić information content (AvgIpc) is 3.97. The fraction of sp³-hybridized carbons (Fsp3) is 0.543. The summed E-state index contributed by atoms with van der Waals surface area (Å²) in [6, 6.07) is 9.52. The second-order valence-corrected chi connectivity index (χ2v) is 17.1. The van der Waals surface area contributed by atoms with Crippen molar-refractivity contribution in [3.8, 4) is 0 Å². The standard InChI is InChI=1S/C46H61N7O5/c1-7-49-37-24-32-13-9-8-12-31(32)23-34(37)27-57-42(56)46-41(55)39-33(22-29(2)3)14-10-15-36(39)40(54)45(46,58-46)19-16-30(4)26-44(18-11-20-51-43(48-6)53-44)35-17-21-50-38(25-35)52-28-47-5/h9-10,13-17,21,24-25,29,31,34,37,47,49H,7-8,11-12,18-20,22-23,26-28H2,1-6H3,(H,50,52)(H2,48,51,53). The van der Waals surface area contributed by atoms with Crippen molar-refractivity contribution in [2.75, 3.05) is 45.8 Å². The summed E-state index contributed by atoms with van der Waals surface area (Å²) in [4.78, 5) is 53.4. The van der Waals surface area contributed by atoms with Crippen molar-refractivity contribution < 1.29 is 23.9 Å². The van der Waals surface area contributed by atoms with Gasteiger partial charge in [0.05, 0.1) is 18.8 Å². The zero-order chi connectivity index (χ0) is 41.1. The molecule has 6 unspecified atom stereocenters. The Morgan fingerprint density at radius 3 is 2.83 bits per heavy atom. The molecule has 0 amide bonds. The maximum absolute atomic E-state index is 14.9. The minimum Gasteiger partial charge on any atom is -0.463 e. The Hall–Kier alpha value is -4.65. The predicted molar refractivity (Wildman–Crippen MR) is 227 cm³/mol. The summed E-state index contributed by atoms with van der Waals surface area (Å²) in [6.45, 7) is 10.5. The van der Waals surface area contributed by atoms with Gasteiger partial charge < -0.3 is 36.1 Å². The highest BCUT2D eigenvalue weighted by Crippen LogP contribution is 2.59. The first kappa shape index (κ1) is 41.5. The number of aliphatic imine (C=N–C) groups is 1. The van der Waals surface area contributed by atoms with Gasteiger partial charge in [0.25, 0.3) is 5.60 Å². The van der Waals surface area contributed by atoms with Crippen molar-refractivity contribution in [1.29, 1.82) is 0 Å². The average molecular weight is 792 g/mol. The molecular weight excluding hydrogens is 731 g/mol. The Bertz CT molecular complexity index is 2020. The molecule has 5 aliphatic rings. The molecule has 0 spiro atoms. The number of anilines is 1. The smallest absolute Gasteiger partial charge is 0.350 e. The van der Waals surface area contributed by atoms with Crippen LogP contribution in [0.4, 0.5) is 5.82 Å². The van der Waals surface area contributed by atoms with Crippen molar-refractivity contribution in [3.63, 3.8) is 0 Å². The fourth-order valence-electron chi connectivity index (χ4n) is 9.73. The van der Waals surface area contributed by atoms with E-state index in [2.05, 4.69) is 81.6 Å². The monoisotopic (exact) mass is 791 g/mol. The van der Waals surface area contributed by atoms with E-state index in [1.54, 1.807) is 19.3 Å². The molecule has 2 fully saturated rings. The first-order chi connectivity index (χ1) is 28.0. The van der Waals surface area contributed by atoms with E-state index in [1.807, 2.05) is 38.2 Å². The number of allylic oxidation sites excluding steroid dienone is 3. The second kappa shape index (κ2) is 17.3. The number of fused-ring (bicyclic) bond motifs is 3. The molecule has 2 saturated heterocycles. The molecule has 2 aromatic rings. The number of guanidine groups is 1. The van der Waals surface area contributed by atoms with Crippen LogP contribution in [0.5, 0.6) is 0 Å². The Morgan fingerprint density at radius 1 is 1.21 bits per heavy atom. The maximum Gasteiger partial charge on any atom is 0.350 e. The number of likely N-dealkylation sites (N-methyl/N-ethyl adjacent to an activating group) is 1. The van der Waals surface area contributed by atoms with Gasteiger partial charge >= 0.3 is 5.97 Å². The number of carbonyl (C=O) groups is 3. The number of aromatic nitrogens is 1. The Morgan fingerprint density at radius 2 is 2.05 bits per heavy atom. The molecule has 1 aromatic heterocycles. The number of nitrogens with one attached hydrogen (secondary N) is 5. The number of esters is 1. The minimum atomic E-state index is -2.05. The van der Waals surface area contributed by atoms with Crippen LogP contribution in [-0.4, -0.2) is 86.2 Å². The molecule has 0 bridgehead atoms. The quantitative estimate of drug-likeness (QED) is 0.0491. The molecule has 0 saturated carbocycles. The van der Waals surface area contributed by atoms with Gasteiger partial charge in [0.15, 0.2) is 17.3 Å². The number of rotatable bonds is 15. The van der Waals surface area contributed by atoms with Gasteiger partial charge in [0.1, 0.15) is 5.82 Å². The summed E-state index contributed by atoms with van der Waals surface area (Å²) < 4.78 is 12.6. The highest BCUT2D eigenvalue weighted by Gasteiger charge is 2.85. The summed E-state index contributed by atoms with van der Waals surface area (Å²) in [6.07, 6.45) is 16.3. The second-order valence-electron chi connectivity index (χ2n) is 17.1. The molecule has 1 aromatic carbocycles. The topological polar surface area (TPSA) is 158 Å². The fourth-order valence-corrected chi connectivity index (χ4v) is 9.73. The lowest BCUT2D eigenvalue weighted by molar-refractivity contribution is -0.150. The van der Waals surface area contributed by atoms with E-state index in [-0.39, 0.29) is 42.3 Å². The van der Waals surface area contributed by atoms with Gasteiger partial charge in [-0.05, 0) is 106 Å². The molecule has 0 radical (unpaired) electrons. The molecule has 3 heterocycles. The molecule has 3 aliphatic carbocycles. The van der Waals surface area contributed by atoms with Crippen molar-refractivity contribution in [2.45, 2.75) is 102 Å². The van der Waals surface area contributed by atoms with Crippen LogP contribution < -0.4 is 26.6 Å². The number of Topliss-reactive ketones (excluding diaryl/α,β-unsaturated/α-hetero) is 2.